The van der Waals surface area contributed by atoms with Gasteiger partial charge in [0.25, 0.3) is 10.0 Å². The molecule has 5 nitrogen and oxygen atoms in total. The maximum Gasteiger partial charge on any atom is 0.291 e. The highest BCUT2D eigenvalue weighted by molar-refractivity contribution is 9.10. The van der Waals surface area contributed by atoms with Crippen molar-refractivity contribution in [3.05, 3.63) is 94.0 Å². The van der Waals surface area contributed by atoms with E-state index in [4.69, 9.17) is 0 Å². The summed E-state index contributed by atoms with van der Waals surface area (Å²) in [7, 11) is -7.46. The maximum absolute atomic E-state index is 14.1. The SMILES string of the molecule is Cc1ccc(S(=O)(=O)N=S(=O)(c2ccc(C)cc2)N2CC2c2ccc(Br)cc2)cc1. The van der Waals surface area contributed by atoms with Crippen molar-refractivity contribution in [1.82, 2.24) is 4.31 Å². The Balaban J connectivity index is 1.82. The van der Waals surface area contributed by atoms with Gasteiger partial charge in [-0.25, -0.2) is 8.51 Å². The number of rotatable bonds is 5. The van der Waals surface area contributed by atoms with Gasteiger partial charge in [0, 0.05) is 11.0 Å². The third kappa shape index (κ3) is 4.23. The van der Waals surface area contributed by atoms with E-state index in [9.17, 15) is 12.6 Å². The molecule has 8 heteroatoms. The molecule has 156 valence electrons. The van der Waals surface area contributed by atoms with Crippen LogP contribution >= 0.6 is 15.9 Å². The lowest BCUT2D eigenvalue weighted by atomic mass is 10.2. The second-order valence-electron chi connectivity index (χ2n) is 7.34. The van der Waals surface area contributed by atoms with Crippen molar-refractivity contribution >= 4 is 35.9 Å². The minimum absolute atomic E-state index is 0.0370. The van der Waals surface area contributed by atoms with Gasteiger partial charge < -0.3 is 0 Å². The van der Waals surface area contributed by atoms with Crippen LogP contribution in [0, 0.1) is 13.8 Å². The fourth-order valence-electron chi connectivity index (χ4n) is 3.18. The van der Waals surface area contributed by atoms with Crippen molar-refractivity contribution in [1.29, 1.82) is 0 Å². The fourth-order valence-corrected chi connectivity index (χ4v) is 7.59. The van der Waals surface area contributed by atoms with Crippen LogP contribution in [-0.4, -0.2) is 23.5 Å². The minimum Gasteiger partial charge on any atom is -0.227 e. The Bertz CT molecular complexity index is 1290. The second kappa shape index (κ2) is 7.92. The molecule has 3 aromatic carbocycles. The van der Waals surface area contributed by atoms with Crippen LogP contribution in [0.25, 0.3) is 0 Å². The number of halogens is 1. The predicted molar refractivity (Wildman–Crippen MR) is 122 cm³/mol. The summed E-state index contributed by atoms with van der Waals surface area (Å²) < 4.78 is 46.8. The quantitative estimate of drug-likeness (QED) is 0.445. The first-order valence-electron chi connectivity index (χ1n) is 9.38. The van der Waals surface area contributed by atoms with Gasteiger partial charge in [-0.2, -0.15) is 8.42 Å². The molecule has 0 amide bonds. The Morgan fingerprint density at radius 2 is 1.30 bits per heavy atom. The minimum atomic E-state index is -4.11. The van der Waals surface area contributed by atoms with Crippen molar-refractivity contribution in [2.45, 2.75) is 29.7 Å². The molecule has 3 atom stereocenters. The van der Waals surface area contributed by atoms with E-state index in [1.807, 2.05) is 50.2 Å². The van der Waals surface area contributed by atoms with Crippen LogP contribution in [0.2, 0.25) is 0 Å². The third-order valence-corrected chi connectivity index (χ3v) is 9.90. The van der Waals surface area contributed by atoms with Crippen LogP contribution in [0.1, 0.15) is 22.7 Å². The monoisotopic (exact) mass is 504 g/mol. The first kappa shape index (κ1) is 21.2. The standard InChI is InChI=1S/C22H21BrN2O3S2/c1-16-3-11-20(12-4-16)29(26,24-30(27,28)21-13-5-17(2)6-14-21)25-15-22(25)18-7-9-19(23)10-8-18/h3-14,22H,15H2,1-2H3. The lowest BCUT2D eigenvalue weighted by Gasteiger charge is -2.13. The molecule has 1 fully saturated rings. The number of sulfonamides is 1. The summed E-state index contributed by atoms with van der Waals surface area (Å²) in [4.78, 5) is 0.429. The van der Waals surface area contributed by atoms with E-state index in [2.05, 4.69) is 19.7 Å². The van der Waals surface area contributed by atoms with E-state index in [-0.39, 0.29) is 10.9 Å². The van der Waals surface area contributed by atoms with Gasteiger partial charge in [-0.15, -0.1) is 0 Å². The zero-order chi connectivity index (χ0) is 21.5. The summed E-state index contributed by atoms with van der Waals surface area (Å²) in [5, 5.41) is 0. The molecule has 0 saturated carbocycles. The summed E-state index contributed by atoms with van der Waals surface area (Å²) in [6.07, 6.45) is 0. The number of hydrogen-bond donors (Lipinski definition) is 0. The highest BCUT2D eigenvalue weighted by Crippen LogP contribution is 2.42. The van der Waals surface area contributed by atoms with Crippen LogP contribution in [0.15, 0.2) is 90.8 Å². The topological polar surface area (TPSA) is 66.6 Å². The van der Waals surface area contributed by atoms with Gasteiger partial charge in [-0.1, -0.05) is 67.2 Å². The molecule has 0 bridgehead atoms. The van der Waals surface area contributed by atoms with Gasteiger partial charge in [-0.05, 0) is 55.8 Å². The number of benzene rings is 3. The Kier molecular flexibility index (Phi) is 5.61. The molecular weight excluding hydrogens is 484 g/mol. The van der Waals surface area contributed by atoms with E-state index in [0.29, 0.717) is 11.4 Å². The molecular formula is C22H21BrN2O3S2. The summed E-state index contributed by atoms with van der Waals surface area (Å²) >= 11 is 3.42. The van der Waals surface area contributed by atoms with E-state index >= 15 is 0 Å². The van der Waals surface area contributed by atoms with Crippen molar-refractivity contribution in [3.8, 4) is 0 Å². The molecule has 0 radical (unpaired) electrons. The average molecular weight is 505 g/mol. The van der Waals surface area contributed by atoms with Gasteiger partial charge in [0.1, 0.15) is 0 Å². The Labute approximate surface area is 186 Å². The molecule has 3 aromatic rings. The summed E-state index contributed by atoms with van der Waals surface area (Å²) in [6.45, 7) is 4.27. The highest BCUT2D eigenvalue weighted by atomic mass is 79.9. The summed E-state index contributed by atoms with van der Waals surface area (Å²) in [5.41, 5.74) is 2.91. The van der Waals surface area contributed by atoms with Gasteiger partial charge in [-0.3, -0.25) is 0 Å². The smallest absolute Gasteiger partial charge is 0.227 e. The van der Waals surface area contributed by atoms with Crippen molar-refractivity contribution in [3.63, 3.8) is 0 Å². The van der Waals surface area contributed by atoms with Crippen LogP contribution in [0.5, 0.6) is 0 Å². The van der Waals surface area contributed by atoms with Gasteiger partial charge >= 0.3 is 0 Å². The van der Waals surface area contributed by atoms with E-state index < -0.39 is 19.9 Å². The van der Waals surface area contributed by atoms with Gasteiger partial charge in [0.2, 0.25) is 0 Å². The molecule has 1 aliphatic rings. The largest absolute Gasteiger partial charge is 0.291 e. The van der Waals surface area contributed by atoms with Gasteiger partial charge in [0.05, 0.1) is 15.8 Å². The maximum atomic E-state index is 14.1. The van der Waals surface area contributed by atoms with Crippen LogP contribution < -0.4 is 0 Å². The zero-order valence-electron chi connectivity index (χ0n) is 16.5. The van der Waals surface area contributed by atoms with Crippen LogP contribution in [0.4, 0.5) is 0 Å². The number of nitrogens with zero attached hydrogens (tertiary/aromatic N) is 2. The lowest BCUT2D eigenvalue weighted by Crippen LogP contribution is -2.15. The zero-order valence-corrected chi connectivity index (χ0v) is 19.7. The Morgan fingerprint density at radius 1 is 0.800 bits per heavy atom. The van der Waals surface area contributed by atoms with Crippen LogP contribution in [0.3, 0.4) is 0 Å². The third-order valence-electron chi connectivity index (χ3n) is 4.99. The van der Waals surface area contributed by atoms with Crippen molar-refractivity contribution in [2.24, 2.45) is 3.77 Å². The number of hydrogen-bond acceptors (Lipinski definition) is 3. The van der Waals surface area contributed by atoms with E-state index in [1.165, 1.54) is 12.1 Å². The molecule has 1 saturated heterocycles. The molecule has 3 unspecified atom stereocenters. The average Bonchev–Trinajstić information content (AvgIpc) is 3.50. The predicted octanol–water partition coefficient (Wildman–Crippen LogP) is 5.25. The molecule has 30 heavy (non-hydrogen) atoms. The molecule has 0 N–H and O–H groups in total. The van der Waals surface area contributed by atoms with Gasteiger partial charge in [0.15, 0.2) is 9.92 Å². The molecule has 0 spiro atoms. The van der Waals surface area contributed by atoms with Crippen LogP contribution in [-0.2, 0) is 19.9 Å². The summed E-state index contributed by atoms with van der Waals surface area (Å²) in [6, 6.07) is 21.0. The van der Waals surface area contributed by atoms with E-state index in [1.54, 1.807) is 28.6 Å². The van der Waals surface area contributed by atoms with Crippen molar-refractivity contribution in [2.75, 3.05) is 6.54 Å². The fraction of sp³-hybridized carbons (Fsp3) is 0.182. The molecule has 0 aromatic heterocycles. The normalized spacial score (nSPS) is 20.4. The number of aryl methyl sites for hydroxylation is 2. The Morgan fingerprint density at radius 3 is 1.83 bits per heavy atom. The van der Waals surface area contributed by atoms with E-state index in [0.717, 1.165) is 21.2 Å². The highest BCUT2D eigenvalue weighted by Gasteiger charge is 2.45. The van der Waals surface area contributed by atoms with Crippen molar-refractivity contribution < 1.29 is 12.6 Å². The first-order chi connectivity index (χ1) is 14.2. The molecule has 1 heterocycles. The Hall–Kier alpha value is -2.00. The summed E-state index contributed by atoms with van der Waals surface area (Å²) in [5.74, 6) is 0. The first-order valence-corrected chi connectivity index (χ1v) is 13.1. The second-order valence-corrected chi connectivity index (χ2v) is 12.2. The molecule has 1 aliphatic heterocycles. The molecule has 4 rings (SSSR count). The lowest BCUT2D eigenvalue weighted by molar-refractivity contribution is 0.596. The molecule has 0 aliphatic carbocycles.